The van der Waals surface area contributed by atoms with Gasteiger partial charge in [-0.2, -0.15) is 0 Å². The fraction of sp³-hybridized carbons (Fsp3) is 0.625. The second-order valence-corrected chi connectivity index (χ2v) is 5.89. The lowest BCUT2D eigenvalue weighted by Gasteiger charge is -2.26. The van der Waals surface area contributed by atoms with Gasteiger partial charge >= 0.3 is 0 Å². The highest BCUT2D eigenvalue weighted by Crippen LogP contribution is 2.17. The van der Waals surface area contributed by atoms with Gasteiger partial charge in [-0.1, -0.05) is 30.3 Å². The highest BCUT2D eigenvalue weighted by Gasteiger charge is 2.21. The van der Waals surface area contributed by atoms with Crippen LogP contribution in [0.1, 0.15) is 18.0 Å². The Morgan fingerprint density at radius 2 is 2.11 bits per heavy atom. The van der Waals surface area contributed by atoms with Gasteiger partial charge in [0.15, 0.2) is 0 Å². The highest BCUT2D eigenvalue weighted by molar-refractivity contribution is 5.19. The maximum absolute atomic E-state index is 3.43. The summed E-state index contributed by atoms with van der Waals surface area (Å²) in [5, 5.41) is 3.43. The van der Waals surface area contributed by atoms with E-state index in [1.54, 1.807) is 0 Å². The lowest BCUT2D eigenvalue weighted by molar-refractivity contribution is 0.251. The molecule has 1 aliphatic rings. The minimum absolute atomic E-state index is 0.422. The van der Waals surface area contributed by atoms with Crippen LogP contribution in [-0.4, -0.2) is 57.1 Å². The summed E-state index contributed by atoms with van der Waals surface area (Å²) in [5.74, 6) is 0.836. The van der Waals surface area contributed by atoms with Crippen molar-refractivity contribution in [1.82, 2.24) is 15.1 Å². The molecule has 1 fully saturated rings. The largest absolute Gasteiger partial charge is 0.312 e. The number of likely N-dealkylation sites (tertiary alicyclic amines) is 1. The average Bonchev–Trinajstić information content (AvgIpc) is 2.82. The lowest BCUT2D eigenvalue weighted by atomic mass is 10.1. The number of nitrogens with zero attached hydrogens (tertiary/aromatic N) is 2. The van der Waals surface area contributed by atoms with E-state index >= 15 is 0 Å². The van der Waals surface area contributed by atoms with Crippen LogP contribution in [0.2, 0.25) is 0 Å². The first-order valence-electron chi connectivity index (χ1n) is 7.28. The summed E-state index contributed by atoms with van der Waals surface area (Å²) in [5.41, 5.74) is 1.38. The van der Waals surface area contributed by atoms with Gasteiger partial charge in [-0.15, -0.1) is 0 Å². The van der Waals surface area contributed by atoms with Gasteiger partial charge in [0.05, 0.1) is 0 Å². The summed E-state index contributed by atoms with van der Waals surface area (Å²) in [4.78, 5) is 4.91. The fourth-order valence-electron chi connectivity index (χ4n) is 3.05. The van der Waals surface area contributed by atoms with Gasteiger partial charge in [-0.25, -0.2) is 0 Å². The molecule has 0 radical (unpaired) electrons. The topological polar surface area (TPSA) is 18.5 Å². The molecule has 106 valence electrons. The molecule has 0 amide bonds. The van der Waals surface area contributed by atoms with E-state index in [0.717, 1.165) is 12.5 Å². The monoisotopic (exact) mass is 261 g/mol. The van der Waals surface area contributed by atoms with Crippen molar-refractivity contribution >= 4 is 0 Å². The van der Waals surface area contributed by atoms with E-state index in [1.807, 2.05) is 0 Å². The molecule has 0 saturated carbocycles. The first-order chi connectivity index (χ1) is 9.19. The predicted octanol–water partition coefficient (Wildman–Crippen LogP) is 1.83. The van der Waals surface area contributed by atoms with Crippen LogP contribution in [0.4, 0.5) is 0 Å². The van der Waals surface area contributed by atoms with Crippen molar-refractivity contribution in [3.05, 3.63) is 35.9 Å². The molecule has 2 atom stereocenters. The Hall–Kier alpha value is -0.900. The van der Waals surface area contributed by atoms with Crippen LogP contribution in [0, 0.1) is 5.92 Å². The summed E-state index contributed by atoms with van der Waals surface area (Å²) < 4.78 is 0. The number of rotatable bonds is 6. The molecular formula is C16H27N3. The van der Waals surface area contributed by atoms with Crippen LogP contribution in [0.3, 0.4) is 0 Å². The molecule has 0 bridgehead atoms. The van der Waals surface area contributed by atoms with Crippen molar-refractivity contribution < 1.29 is 0 Å². The zero-order valence-electron chi connectivity index (χ0n) is 12.5. The third-order valence-corrected chi connectivity index (χ3v) is 4.10. The van der Waals surface area contributed by atoms with E-state index in [2.05, 4.69) is 66.6 Å². The van der Waals surface area contributed by atoms with Gasteiger partial charge in [-0.3, -0.25) is 0 Å². The molecule has 1 saturated heterocycles. The van der Waals surface area contributed by atoms with Gasteiger partial charge in [0.2, 0.25) is 0 Å². The summed E-state index contributed by atoms with van der Waals surface area (Å²) in [7, 11) is 6.51. The van der Waals surface area contributed by atoms with Crippen LogP contribution >= 0.6 is 0 Å². The second kappa shape index (κ2) is 7.04. The first kappa shape index (κ1) is 14.5. The van der Waals surface area contributed by atoms with Crippen molar-refractivity contribution in [2.45, 2.75) is 12.5 Å². The number of benzene rings is 1. The molecule has 0 aliphatic carbocycles. The Balaban J connectivity index is 1.84. The molecule has 1 N–H and O–H groups in total. The Bertz CT molecular complexity index is 366. The molecule has 0 spiro atoms. The Morgan fingerprint density at radius 1 is 1.37 bits per heavy atom. The van der Waals surface area contributed by atoms with Crippen LogP contribution in [-0.2, 0) is 0 Å². The first-order valence-corrected chi connectivity index (χ1v) is 7.28. The number of likely N-dealkylation sites (N-methyl/N-ethyl adjacent to an activating group) is 2. The average molecular weight is 261 g/mol. The molecule has 3 nitrogen and oxygen atoms in total. The van der Waals surface area contributed by atoms with Crippen LogP contribution in [0.25, 0.3) is 0 Å². The molecule has 0 aromatic heterocycles. The Labute approximate surface area is 117 Å². The smallest absolute Gasteiger partial charge is 0.0446 e. The molecule has 2 rings (SSSR count). The van der Waals surface area contributed by atoms with E-state index < -0.39 is 0 Å². The SMILES string of the molecule is CNC(CN(C)CC1CCN(C)C1)c1ccccc1. The Kier molecular flexibility index (Phi) is 5.37. The zero-order valence-corrected chi connectivity index (χ0v) is 12.5. The minimum Gasteiger partial charge on any atom is -0.312 e. The summed E-state index contributed by atoms with van der Waals surface area (Å²) in [6, 6.07) is 11.1. The van der Waals surface area contributed by atoms with Crippen LogP contribution in [0.15, 0.2) is 30.3 Å². The lowest BCUT2D eigenvalue weighted by Crippen LogP contribution is -2.34. The summed E-state index contributed by atoms with van der Waals surface area (Å²) >= 11 is 0. The van der Waals surface area contributed by atoms with Crippen molar-refractivity contribution in [2.24, 2.45) is 5.92 Å². The number of hydrogen-bond acceptors (Lipinski definition) is 3. The number of hydrogen-bond donors (Lipinski definition) is 1. The molecule has 19 heavy (non-hydrogen) atoms. The minimum atomic E-state index is 0.422. The van der Waals surface area contributed by atoms with Crippen molar-refractivity contribution in [1.29, 1.82) is 0 Å². The van der Waals surface area contributed by atoms with Gasteiger partial charge < -0.3 is 15.1 Å². The molecular weight excluding hydrogens is 234 g/mol. The fourth-order valence-corrected chi connectivity index (χ4v) is 3.05. The quantitative estimate of drug-likeness (QED) is 0.843. The zero-order chi connectivity index (χ0) is 13.7. The number of nitrogens with one attached hydrogen (secondary N) is 1. The van der Waals surface area contributed by atoms with E-state index in [0.29, 0.717) is 6.04 Å². The molecule has 1 aliphatic heterocycles. The summed E-state index contributed by atoms with van der Waals surface area (Å²) in [6.45, 7) is 4.78. The van der Waals surface area contributed by atoms with E-state index in [1.165, 1.54) is 31.6 Å². The molecule has 2 unspecified atom stereocenters. The van der Waals surface area contributed by atoms with E-state index in [9.17, 15) is 0 Å². The predicted molar refractivity (Wildman–Crippen MR) is 81.3 cm³/mol. The molecule has 1 heterocycles. The molecule has 1 aromatic carbocycles. The van der Waals surface area contributed by atoms with Crippen LogP contribution in [0.5, 0.6) is 0 Å². The second-order valence-electron chi connectivity index (χ2n) is 5.89. The van der Waals surface area contributed by atoms with Crippen molar-refractivity contribution in [3.63, 3.8) is 0 Å². The maximum Gasteiger partial charge on any atom is 0.0446 e. The van der Waals surface area contributed by atoms with Gasteiger partial charge in [-0.05, 0) is 45.6 Å². The van der Waals surface area contributed by atoms with E-state index in [-0.39, 0.29) is 0 Å². The third kappa shape index (κ3) is 4.30. The van der Waals surface area contributed by atoms with Gasteiger partial charge in [0.25, 0.3) is 0 Å². The third-order valence-electron chi connectivity index (χ3n) is 4.10. The van der Waals surface area contributed by atoms with Gasteiger partial charge in [0.1, 0.15) is 0 Å². The van der Waals surface area contributed by atoms with Crippen molar-refractivity contribution in [2.75, 3.05) is 47.3 Å². The van der Waals surface area contributed by atoms with Crippen molar-refractivity contribution in [3.8, 4) is 0 Å². The highest BCUT2D eigenvalue weighted by atomic mass is 15.2. The summed E-state index contributed by atoms with van der Waals surface area (Å²) in [6.07, 6.45) is 1.34. The maximum atomic E-state index is 3.43. The molecule has 3 heteroatoms. The standard InChI is InChI=1S/C16H27N3/c1-17-16(15-7-5-4-6-8-15)13-19(3)12-14-9-10-18(2)11-14/h4-8,14,16-17H,9-13H2,1-3H3. The molecule has 1 aromatic rings. The Morgan fingerprint density at radius 3 is 2.68 bits per heavy atom. The van der Waals surface area contributed by atoms with Crippen LogP contribution < -0.4 is 5.32 Å². The normalized spacial score (nSPS) is 22.0. The van der Waals surface area contributed by atoms with Gasteiger partial charge in [0, 0.05) is 25.7 Å². The van der Waals surface area contributed by atoms with E-state index in [4.69, 9.17) is 0 Å².